The molecule has 0 spiro atoms. The Labute approximate surface area is 194 Å². The van der Waals surface area contributed by atoms with Crippen LogP contribution in [0.4, 0.5) is 0 Å². The molecule has 1 nitrogen and oxygen atoms in total. The van der Waals surface area contributed by atoms with Crippen molar-refractivity contribution in [1.29, 1.82) is 0 Å². The average molecular weight is 427 g/mol. The van der Waals surface area contributed by atoms with Gasteiger partial charge in [0.25, 0.3) is 0 Å². The lowest BCUT2D eigenvalue weighted by atomic mass is 9.88. The normalized spacial score (nSPS) is 12.2. The van der Waals surface area contributed by atoms with E-state index in [1.807, 2.05) is 30.4 Å². The van der Waals surface area contributed by atoms with Crippen molar-refractivity contribution in [2.45, 2.75) is 13.8 Å². The maximum absolute atomic E-state index is 6.02. The molecule has 0 aliphatic carbocycles. The minimum absolute atomic E-state index is 0.902. The molecule has 5 rings (SSSR count). The van der Waals surface area contributed by atoms with Crippen LogP contribution in [0.1, 0.15) is 27.8 Å². The molecule has 0 unspecified atom stereocenters. The van der Waals surface area contributed by atoms with E-state index in [0.29, 0.717) is 0 Å². The van der Waals surface area contributed by atoms with Gasteiger partial charge in [-0.3, -0.25) is 0 Å². The third-order valence-electron chi connectivity index (χ3n) is 6.51. The van der Waals surface area contributed by atoms with Crippen LogP contribution in [0.15, 0.2) is 103 Å². The maximum Gasteiger partial charge on any atom is 0.135 e. The first-order chi connectivity index (χ1) is 16.1. The molecule has 5 aromatic rings. The summed E-state index contributed by atoms with van der Waals surface area (Å²) >= 11 is 0. The van der Waals surface area contributed by atoms with Crippen LogP contribution in [0.25, 0.3) is 50.4 Å². The van der Waals surface area contributed by atoms with E-state index in [9.17, 15) is 0 Å². The molecule has 0 aliphatic rings. The van der Waals surface area contributed by atoms with E-state index in [1.165, 1.54) is 33.0 Å². The van der Waals surface area contributed by atoms with Gasteiger partial charge in [-0.15, -0.1) is 0 Å². The molecule has 0 N–H and O–H groups in total. The molecule has 0 saturated carbocycles. The van der Waals surface area contributed by atoms with Crippen LogP contribution >= 0.6 is 0 Å². The van der Waals surface area contributed by atoms with Crippen molar-refractivity contribution in [3.63, 3.8) is 0 Å². The van der Waals surface area contributed by atoms with Gasteiger partial charge in [0.1, 0.15) is 11.2 Å². The molecule has 0 aliphatic heterocycles. The van der Waals surface area contributed by atoms with E-state index in [-0.39, 0.29) is 0 Å². The summed E-state index contributed by atoms with van der Waals surface area (Å²) in [5.74, 6) is 0. The molecule has 0 fully saturated rings. The number of fused-ring (bicyclic) bond motifs is 4. The van der Waals surface area contributed by atoms with Crippen molar-refractivity contribution in [2.75, 3.05) is 0 Å². The number of benzene rings is 4. The first-order valence-corrected chi connectivity index (χ1v) is 11.2. The lowest BCUT2D eigenvalue weighted by molar-refractivity contribution is 0.669. The Balaban J connectivity index is 1.74. The number of hydrogen-bond donors (Lipinski definition) is 0. The first kappa shape index (κ1) is 20.8. The van der Waals surface area contributed by atoms with Gasteiger partial charge in [0.05, 0.1) is 0 Å². The summed E-state index contributed by atoms with van der Waals surface area (Å²) in [5, 5.41) is 4.73. The minimum Gasteiger partial charge on any atom is -0.456 e. The van der Waals surface area contributed by atoms with E-state index in [1.54, 1.807) is 0 Å². The van der Waals surface area contributed by atoms with Crippen molar-refractivity contribution in [3.8, 4) is 0 Å². The van der Waals surface area contributed by atoms with Crippen LogP contribution in [0.2, 0.25) is 0 Å². The molecule has 0 bridgehead atoms. The van der Waals surface area contributed by atoms with Crippen LogP contribution in [-0.2, 0) is 0 Å². The second kappa shape index (κ2) is 8.44. The smallest absolute Gasteiger partial charge is 0.135 e. The van der Waals surface area contributed by atoms with Gasteiger partial charge in [-0.1, -0.05) is 86.0 Å². The first-order valence-electron chi connectivity index (χ1n) is 11.2. The molecule has 4 aromatic carbocycles. The molecule has 0 saturated heterocycles. The number of rotatable bonds is 5. The summed E-state index contributed by atoms with van der Waals surface area (Å²) in [5.41, 5.74) is 9.04. The molecular weight excluding hydrogens is 400 g/mol. The Morgan fingerprint density at radius 2 is 1.36 bits per heavy atom. The van der Waals surface area contributed by atoms with Crippen molar-refractivity contribution in [2.24, 2.45) is 0 Å². The zero-order valence-electron chi connectivity index (χ0n) is 19.1. The fourth-order valence-corrected chi connectivity index (χ4v) is 4.65. The Bertz CT molecular complexity index is 1600. The topological polar surface area (TPSA) is 13.1 Å². The highest BCUT2D eigenvalue weighted by atomic mass is 16.3. The molecule has 33 heavy (non-hydrogen) atoms. The van der Waals surface area contributed by atoms with Gasteiger partial charge in [-0.25, -0.2) is 0 Å². The Hall–Kier alpha value is -4.10. The number of hydrogen-bond acceptors (Lipinski definition) is 1. The third kappa shape index (κ3) is 3.52. The van der Waals surface area contributed by atoms with Crippen molar-refractivity contribution in [3.05, 3.63) is 126 Å². The number of allylic oxidation sites excluding steroid dienone is 4. The Morgan fingerprint density at radius 1 is 0.727 bits per heavy atom. The molecule has 1 heterocycles. The molecule has 1 aromatic heterocycles. The molecular formula is C32H26O. The molecule has 160 valence electrons. The second-order valence-electron chi connectivity index (χ2n) is 8.33. The number of para-hydroxylation sites is 1. The summed E-state index contributed by atoms with van der Waals surface area (Å²) < 4.78 is 6.02. The van der Waals surface area contributed by atoms with Gasteiger partial charge < -0.3 is 4.42 Å². The fraction of sp³-hybridized carbons (Fsp3) is 0.0625. The Morgan fingerprint density at radius 3 is 2.09 bits per heavy atom. The van der Waals surface area contributed by atoms with Gasteiger partial charge in [0.2, 0.25) is 0 Å². The molecule has 0 radical (unpaired) electrons. The van der Waals surface area contributed by atoms with E-state index >= 15 is 0 Å². The summed E-state index contributed by atoms with van der Waals surface area (Å²) in [7, 11) is 0. The Kier molecular flexibility index (Phi) is 5.32. The summed E-state index contributed by atoms with van der Waals surface area (Å²) in [6.07, 6.45) is 10.2. The van der Waals surface area contributed by atoms with Crippen LogP contribution in [0.5, 0.6) is 0 Å². The quantitative estimate of drug-likeness (QED) is 0.202. The van der Waals surface area contributed by atoms with E-state index in [2.05, 4.69) is 93.8 Å². The SMILES string of the molecule is C=C/C=C\c1c(C)c(C)c(/C=C(\C=C)c2ccc3oc4ccccc4c3c2)c2ccccc12. The van der Waals surface area contributed by atoms with Crippen molar-refractivity contribution in [1.82, 2.24) is 0 Å². The lowest BCUT2D eigenvalue weighted by Gasteiger charge is -2.16. The largest absolute Gasteiger partial charge is 0.456 e. The van der Waals surface area contributed by atoms with Crippen molar-refractivity contribution < 1.29 is 4.42 Å². The van der Waals surface area contributed by atoms with Gasteiger partial charge in [-0.05, 0) is 82.3 Å². The van der Waals surface area contributed by atoms with Crippen molar-refractivity contribution >= 4 is 50.4 Å². The molecule has 1 heteroatoms. The predicted octanol–water partition coefficient (Wildman–Crippen LogP) is 9.28. The minimum atomic E-state index is 0.902. The molecule has 0 atom stereocenters. The zero-order valence-corrected chi connectivity index (χ0v) is 19.1. The lowest BCUT2D eigenvalue weighted by Crippen LogP contribution is -1.95. The van der Waals surface area contributed by atoms with E-state index < -0.39 is 0 Å². The highest BCUT2D eigenvalue weighted by molar-refractivity contribution is 6.07. The summed E-state index contributed by atoms with van der Waals surface area (Å²) in [6, 6.07) is 23.2. The van der Waals surface area contributed by atoms with Crippen LogP contribution in [-0.4, -0.2) is 0 Å². The van der Waals surface area contributed by atoms with E-state index in [0.717, 1.165) is 33.1 Å². The third-order valence-corrected chi connectivity index (χ3v) is 6.51. The highest BCUT2D eigenvalue weighted by Crippen LogP contribution is 2.35. The van der Waals surface area contributed by atoms with Gasteiger partial charge >= 0.3 is 0 Å². The van der Waals surface area contributed by atoms with Crippen LogP contribution in [0.3, 0.4) is 0 Å². The summed E-state index contributed by atoms with van der Waals surface area (Å²) in [6.45, 7) is 12.4. The maximum atomic E-state index is 6.02. The van der Waals surface area contributed by atoms with Gasteiger partial charge in [-0.2, -0.15) is 0 Å². The second-order valence-corrected chi connectivity index (χ2v) is 8.33. The van der Waals surface area contributed by atoms with Crippen LogP contribution in [0, 0.1) is 13.8 Å². The van der Waals surface area contributed by atoms with Gasteiger partial charge in [0, 0.05) is 10.8 Å². The summed E-state index contributed by atoms with van der Waals surface area (Å²) in [4.78, 5) is 0. The van der Waals surface area contributed by atoms with Gasteiger partial charge in [0.15, 0.2) is 0 Å². The average Bonchev–Trinajstić information content (AvgIpc) is 3.22. The standard InChI is InChI=1S/C32H26O/c1-5-7-12-25-21(3)22(4)29(27-14-9-8-13-26(25)27)19-23(6-2)24-17-18-32-30(20-24)28-15-10-11-16-31(28)33-32/h5-20H,1-2H2,3-4H3/b12-7-,23-19+. The number of furan rings is 1. The fourth-order valence-electron chi connectivity index (χ4n) is 4.65. The highest BCUT2D eigenvalue weighted by Gasteiger charge is 2.13. The zero-order chi connectivity index (χ0) is 22.9. The van der Waals surface area contributed by atoms with Crippen LogP contribution < -0.4 is 0 Å². The van der Waals surface area contributed by atoms with E-state index in [4.69, 9.17) is 4.42 Å². The monoisotopic (exact) mass is 426 g/mol. The predicted molar refractivity (Wildman–Crippen MR) is 144 cm³/mol. The molecule has 0 amide bonds.